The Balaban J connectivity index is 2.64. The quantitative estimate of drug-likeness (QED) is 0.232. The van der Waals surface area contributed by atoms with Gasteiger partial charge in [-0.25, -0.2) is 18.2 Å². The van der Waals surface area contributed by atoms with Crippen molar-refractivity contribution in [3.63, 3.8) is 0 Å². The van der Waals surface area contributed by atoms with Gasteiger partial charge >= 0.3 is 12.2 Å². The van der Waals surface area contributed by atoms with Gasteiger partial charge in [0, 0.05) is 14.1 Å². The van der Waals surface area contributed by atoms with Crippen LogP contribution in [0.5, 0.6) is 11.5 Å². The predicted octanol–water partition coefficient (Wildman–Crippen LogP) is 4.23. The predicted molar refractivity (Wildman–Crippen MR) is 104 cm³/mol. The minimum Gasteiger partial charge on any atom is -0.487 e. The lowest BCUT2D eigenvalue weighted by Gasteiger charge is -2.21. The molecule has 2 amide bonds. The summed E-state index contributed by atoms with van der Waals surface area (Å²) in [5.41, 5.74) is 0. The van der Waals surface area contributed by atoms with E-state index < -0.39 is 12.2 Å². The molecule has 0 atom stereocenters. The van der Waals surface area contributed by atoms with Gasteiger partial charge in [-0.05, 0) is 39.2 Å². The molecule has 0 fully saturated rings. The minimum absolute atomic E-state index is 0.0619. The molecule has 0 aliphatic carbocycles. The van der Waals surface area contributed by atoms with E-state index in [0.29, 0.717) is 16.5 Å². The van der Waals surface area contributed by atoms with Crippen molar-refractivity contribution in [1.82, 2.24) is 8.61 Å². The highest BCUT2D eigenvalue weighted by molar-refractivity contribution is 8.13. The summed E-state index contributed by atoms with van der Waals surface area (Å²) in [6.07, 6.45) is 0.369. The summed E-state index contributed by atoms with van der Waals surface area (Å²) in [4.78, 5) is 28.8. The highest BCUT2D eigenvalue weighted by Crippen LogP contribution is 2.28. The summed E-state index contributed by atoms with van der Waals surface area (Å²) in [6, 6.07) is 6.87. The molecule has 0 radical (unpaired) electrons. The Hall–Kier alpha value is -2.07. The van der Waals surface area contributed by atoms with Gasteiger partial charge in [0.2, 0.25) is 0 Å². The number of amides is 2. The number of carbonyl (C=O) groups is 2. The van der Waals surface area contributed by atoms with Crippen LogP contribution >= 0.6 is 23.9 Å². The summed E-state index contributed by atoms with van der Waals surface area (Å²) in [5.74, 6) is 0.757. The highest BCUT2D eigenvalue weighted by atomic mass is 32.2. The van der Waals surface area contributed by atoms with Gasteiger partial charge in [0.05, 0.1) is 18.2 Å². The first-order valence-corrected chi connectivity index (χ1v) is 9.62. The summed E-state index contributed by atoms with van der Waals surface area (Å²) in [5, 5.41) is 4.25. The molecular formula is C16H23N3O5S2. The van der Waals surface area contributed by atoms with Gasteiger partial charge in [0.15, 0.2) is 11.5 Å². The number of para-hydroxylation sites is 2. The van der Waals surface area contributed by atoms with Crippen molar-refractivity contribution in [3.8, 4) is 11.5 Å². The zero-order chi connectivity index (χ0) is 19.7. The Morgan fingerprint density at radius 1 is 1.08 bits per heavy atom. The Kier molecular flexibility index (Phi) is 9.14. The van der Waals surface area contributed by atoms with Crippen LogP contribution in [0.1, 0.15) is 20.8 Å². The maximum absolute atomic E-state index is 12.2. The van der Waals surface area contributed by atoms with Crippen molar-refractivity contribution in [2.24, 2.45) is 5.16 Å². The fraction of sp³-hybridized carbons (Fsp3) is 0.438. The maximum Gasteiger partial charge on any atom is 0.447 e. The lowest BCUT2D eigenvalue weighted by molar-refractivity contribution is 0.136. The molecule has 1 aromatic carbocycles. The van der Waals surface area contributed by atoms with Crippen molar-refractivity contribution < 1.29 is 23.9 Å². The Morgan fingerprint density at radius 2 is 1.65 bits per heavy atom. The number of hydrogen-bond acceptors (Lipinski definition) is 8. The Bertz CT molecular complexity index is 655. The lowest BCUT2D eigenvalue weighted by Crippen LogP contribution is -2.30. The number of nitrogens with zero attached hydrogens (tertiary/aromatic N) is 3. The van der Waals surface area contributed by atoms with Crippen LogP contribution < -0.4 is 9.47 Å². The average molecular weight is 402 g/mol. The third kappa shape index (κ3) is 7.44. The van der Waals surface area contributed by atoms with Crippen LogP contribution in [0.4, 0.5) is 9.59 Å². The molecule has 0 aromatic heterocycles. The van der Waals surface area contributed by atoms with Gasteiger partial charge in [-0.2, -0.15) is 0 Å². The Morgan fingerprint density at radius 3 is 2.23 bits per heavy atom. The summed E-state index contributed by atoms with van der Waals surface area (Å²) >= 11 is 2.17. The van der Waals surface area contributed by atoms with Crippen molar-refractivity contribution in [2.45, 2.75) is 26.9 Å². The van der Waals surface area contributed by atoms with Crippen LogP contribution in [0.3, 0.4) is 0 Å². The first kappa shape index (κ1) is 22.0. The molecular weight excluding hydrogens is 378 g/mol. The van der Waals surface area contributed by atoms with Gasteiger partial charge < -0.3 is 9.47 Å². The van der Waals surface area contributed by atoms with E-state index in [4.69, 9.17) is 14.3 Å². The first-order chi connectivity index (χ1) is 12.2. The van der Waals surface area contributed by atoms with Crippen LogP contribution in [-0.2, 0) is 4.84 Å². The van der Waals surface area contributed by atoms with Crippen LogP contribution in [0.15, 0.2) is 29.4 Å². The number of benzene rings is 1. The number of thioether (sulfide) groups is 1. The molecule has 26 heavy (non-hydrogen) atoms. The SMILES string of the molecule is CS/C(C)=N\OC(=O)N(C)SN(C)C(=O)Oc1ccccc1OC(C)C. The number of oxime groups is 1. The normalized spacial score (nSPS) is 11.1. The summed E-state index contributed by atoms with van der Waals surface area (Å²) in [6.45, 7) is 5.47. The smallest absolute Gasteiger partial charge is 0.447 e. The van der Waals surface area contributed by atoms with Gasteiger partial charge in [0.1, 0.15) is 5.04 Å². The number of hydrogen-bond donors (Lipinski definition) is 0. The molecule has 0 saturated heterocycles. The largest absolute Gasteiger partial charge is 0.487 e. The first-order valence-electron chi connectivity index (χ1n) is 7.67. The second-order valence-electron chi connectivity index (χ2n) is 5.23. The molecule has 0 aliphatic rings. The number of ether oxygens (including phenoxy) is 2. The van der Waals surface area contributed by atoms with Crippen LogP contribution in [0.2, 0.25) is 0 Å². The summed E-state index contributed by atoms with van der Waals surface area (Å²) in [7, 11) is 2.93. The third-order valence-corrected chi connectivity index (χ3v) is 4.17. The standard InChI is InChI=1S/C16H23N3O5S2/c1-11(2)22-13-9-7-8-10-14(13)23-15(20)18(4)26-19(5)16(21)24-17-12(3)25-6/h7-11H,1-6H3/b17-12-. The van der Waals surface area contributed by atoms with E-state index >= 15 is 0 Å². The van der Waals surface area contributed by atoms with Gasteiger partial charge in [-0.15, -0.1) is 11.8 Å². The van der Waals surface area contributed by atoms with Gasteiger partial charge in [-0.3, -0.25) is 4.84 Å². The van der Waals surface area contributed by atoms with Crippen LogP contribution in [0, 0.1) is 0 Å². The molecule has 1 rings (SSSR count). The van der Waals surface area contributed by atoms with Crippen LogP contribution in [-0.4, -0.2) is 52.3 Å². The number of carbonyl (C=O) groups excluding carboxylic acids is 2. The Labute approximate surface area is 162 Å². The molecule has 0 bridgehead atoms. The molecule has 1 aromatic rings. The zero-order valence-corrected chi connectivity index (χ0v) is 17.2. The highest BCUT2D eigenvalue weighted by Gasteiger charge is 2.21. The second-order valence-corrected chi connectivity index (χ2v) is 7.49. The molecule has 8 nitrogen and oxygen atoms in total. The van der Waals surface area contributed by atoms with E-state index in [1.54, 1.807) is 31.2 Å². The van der Waals surface area contributed by atoms with Crippen molar-refractivity contribution in [2.75, 3.05) is 20.4 Å². The van der Waals surface area contributed by atoms with E-state index in [-0.39, 0.29) is 6.10 Å². The van der Waals surface area contributed by atoms with E-state index in [1.165, 1.54) is 25.9 Å². The van der Waals surface area contributed by atoms with Gasteiger partial charge in [-0.1, -0.05) is 17.3 Å². The maximum atomic E-state index is 12.2. The molecule has 0 heterocycles. The molecule has 0 spiro atoms. The van der Waals surface area contributed by atoms with Crippen LogP contribution in [0.25, 0.3) is 0 Å². The third-order valence-electron chi connectivity index (χ3n) is 2.72. The molecule has 144 valence electrons. The van der Waals surface area contributed by atoms with E-state index in [9.17, 15) is 9.59 Å². The minimum atomic E-state index is -0.716. The lowest BCUT2D eigenvalue weighted by atomic mass is 10.3. The van der Waals surface area contributed by atoms with Crippen molar-refractivity contribution >= 4 is 41.1 Å². The molecule has 0 aliphatic heterocycles. The fourth-order valence-electron chi connectivity index (χ4n) is 1.49. The second kappa shape index (κ2) is 10.8. The molecule has 0 saturated carbocycles. The monoisotopic (exact) mass is 401 g/mol. The zero-order valence-electron chi connectivity index (χ0n) is 15.6. The van der Waals surface area contributed by atoms with Gasteiger partial charge in [0.25, 0.3) is 0 Å². The molecule has 10 heteroatoms. The van der Waals surface area contributed by atoms with Crippen molar-refractivity contribution in [1.29, 1.82) is 0 Å². The van der Waals surface area contributed by atoms with E-state index in [1.807, 2.05) is 20.1 Å². The van der Waals surface area contributed by atoms with E-state index in [0.717, 1.165) is 20.7 Å². The summed E-state index contributed by atoms with van der Waals surface area (Å²) < 4.78 is 13.2. The topological polar surface area (TPSA) is 80.7 Å². The average Bonchev–Trinajstić information content (AvgIpc) is 2.60. The fourth-order valence-corrected chi connectivity index (χ4v) is 2.18. The molecule has 0 N–H and O–H groups in total. The van der Waals surface area contributed by atoms with Crippen molar-refractivity contribution in [3.05, 3.63) is 24.3 Å². The number of rotatable bonds is 6. The molecule has 0 unspecified atom stereocenters. The van der Waals surface area contributed by atoms with E-state index in [2.05, 4.69) is 5.16 Å².